The van der Waals surface area contributed by atoms with Crippen molar-refractivity contribution in [2.24, 2.45) is 0 Å². The Balaban J connectivity index is 1.96. The molecule has 5 heteroatoms. The monoisotopic (exact) mass is 338 g/mol. The van der Waals surface area contributed by atoms with E-state index in [-0.39, 0.29) is 12.0 Å². The zero-order valence-electron chi connectivity index (χ0n) is 11.4. The van der Waals surface area contributed by atoms with Crippen LogP contribution >= 0.6 is 15.9 Å². The van der Waals surface area contributed by atoms with Gasteiger partial charge in [-0.05, 0) is 30.5 Å². The average molecular weight is 339 g/mol. The van der Waals surface area contributed by atoms with E-state index in [1.165, 1.54) is 0 Å². The highest BCUT2D eigenvalue weighted by atomic mass is 79.9. The number of aromatic amines is 1. The van der Waals surface area contributed by atoms with Gasteiger partial charge in [0.2, 0.25) is 5.91 Å². The van der Waals surface area contributed by atoms with E-state index >= 15 is 0 Å². The van der Waals surface area contributed by atoms with E-state index in [0.717, 1.165) is 20.9 Å². The number of carbonyl (C=O) groups is 1. The summed E-state index contributed by atoms with van der Waals surface area (Å²) in [5, 5.41) is 13.3. The van der Waals surface area contributed by atoms with Crippen molar-refractivity contribution in [2.75, 3.05) is 6.54 Å². The van der Waals surface area contributed by atoms with Gasteiger partial charge in [-0.15, -0.1) is 0 Å². The summed E-state index contributed by atoms with van der Waals surface area (Å²) in [4.78, 5) is 15.1. The standard InChI is InChI=1S/C15H19BrN2O2/c1-2-11(19)6-7-17-14(20)8-10-9-18-13-5-3-4-12(16)15(10)13/h3-5,9,11,18-19H,2,6-8H2,1H3,(H,17,20)/t11-/m1/s1. The lowest BCUT2D eigenvalue weighted by Crippen LogP contribution is -2.28. The topological polar surface area (TPSA) is 65.1 Å². The van der Waals surface area contributed by atoms with Gasteiger partial charge in [-0.1, -0.05) is 28.9 Å². The summed E-state index contributed by atoms with van der Waals surface area (Å²) in [7, 11) is 0. The maximum Gasteiger partial charge on any atom is 0.224 e. The summed E-state index contributed by atoms with van der Waals surface area (Å²) in [6, 6.07) is 5.91. The normalized spacial score (nSPS) is 12.6. The predicted octanol–water partition coefficient (Wildman–Crippen LogP) is 2.75. The summed E-state index contributed by atoms with van der Waals surface area (Å²) >= 11 is 3.51. The van der Waals surface area contributed by atoms with Crippen LogP contribution in [0.4, 0.5) is 0 Å². The summed E-state index contributed by atoms with van der Waals surface area (Å²) in [5.41, 5.74) is 1.99. The molecule has 0 aliphatic heterocycles. The fraction of sp³-hybridized carbons (Fsp3) is 0.400. The van der Waals surface area contributed by atoms with Crippen LogP contribution in [-0.2, 0) is 11.2 Å². The largest absolute Gasteiger partial charge is 0.393 e. The summed E-state index contributed by atoms with van der Waals surface area (Å²) in [5.74, 6) is -0.0232. The molecule has 2 aromatic rings. The Labute approximate surface area is 126 Å². The van der Waals surface area contributed by atoms with Crippen molar-refractivity contribution in [2.45, 2.75) is 32.3 Å². The van der Waals surface area contributed by atoms with Crippen LogP contribution in [0.5, 0.6) is 0 Å². The highest BCUT2D eigenvalue weighted by molar-refractivity contribution is 9.10. The Morgan fingerprint density at radius 1 is 1.50 bits per heavy atom. The van der Waals surface area contributed by atoms with Gasteiger partial charge in [-0.3, -0.25) is 4.79 Å². The van der Waals surface area contributed by atoms with E-state index in [0.29, 0.717) is 25.8 Å². The van der Waals surface area contributed by atoms with E-state index in [9.17, 15) is 9.90 Å². The van der Waals surface area contributed by atoms with Crippen molar-refractivity contribution in [1.82, 2.24) is 10.3 Å². The molecule has 20 heavy (non-hydrogen) atoms. The lowest BCUT2D eigenvalue weighted by atomic mass is 10.1. The number of aromatic nitrogens is 1. The first-order chi connectivity index (χ1) is 9.61. The minimum absolute atomic E-state index is 0.0232. The molecule has 1 aromatic heterocycles. The van der Waals surface area contributed by atoms with E-state index in [4.69, 9.17) is 0 Å². The van der Waals surface area contributed by atoms with Crippen LogP contribution < -0.4 is 5.32 Å². The molecule has 0 unspecified atom stereocenters. The van der Waals surface area contributed by atoms with Crippen LogP contribution in [-0.4, -0.2) is 28.6 Å². The number of halogens is 1. The van der Waals surface area contributed by atoms with Gasteiger partial charge in [0.15, 0.2) is 0 Å². The van der Waals surface area contributed by atoms with Crippen LogP contribution in [0.2, 0.25) is 0 Å². The first-order valence-corrected chi connectivity index (χ1v) is 7.60. The summed E-state index contributed by atoms with van der Waals surface area (Å²) < 4.78 is 0.987. The minimum Gasteiger partial charge on any atom is -0.393 e. The molecule has 2 rings (SSSR count). The number of carbonyl (C=O) groups excluding carboxylic acids is 1. The smallest absolute Gasteiger partial charge is 0.224 e. The Kier molecular flexibility index (Phi) is 5.20. The van der Waals surface area contributed by atoms with Gasteiger partial charge in [0.25, 0.3) is 0 Å². The van der Waals surface area contributed by atoms with Gasteiger partial charge in [0.05, 0.1) is 12.5 Å². The van der Waals surface area contributed by atoms with Crippen LogP contribution in [0.1, 0.15) is 25.3 Å². The molecule has 3 N–H and O–H groups in total. The van der Waals surface area contributed by atoms with Crippen LogP contribution in [0.15, 0.2) is 28.9 Å². The second-order valence-corrected chi connectivity index (χ2v) is 5.71. The zero-order chi connectivity index (χ0) is 14.5. The molecular weight excluding hydrogens is 320 g/mol. The zero-order valence-corrected chi connectivity index (χ0v) is 13.0. The molecule has 1 aromatic carbocycles. The van der Waals surface area contributed by atoms with Crippen molar-refractivity contribution in [3.8, 4) is 0 Å². The lowest BCUT2D eigenvalue weighted by molar-refractivity contribution is -0.120. The molecule has 0 fully saturated rings. The predicted molar refractivity (Wildman–Crippen MR) is 83.6 cm³/mol. The molecule has 0 aliphatic carbocycles. The van der Waals surface area contributed by atoms with Gasteiger partial charge in [-0.25, -0.2) is 0 Å². The fourth-order valence-electron chi connectivity index (χ4n) is 2.17. The maximum atomic E-state index is 11.9. The number of hydrogen-bond acceptors (Lipinski definition) is 2. The third-order valence-electron chi connectivity index (χ3n) is 3.36. The minimum atomic E-state index is -0.336. The molecule has 0 spiro atoms. The lowest BCUT2D eigenvalue weighted by Gasteiger charge is -2.08. The van der Waals surface area contributed by atoms with Crippen LogP contribution in [0.3, 0.4) is 0 Å². The van der Waals surface area contributed by atoms with E-state index in [1.54, 1.807) is 0 Å². The molecule has 0 saturated heterocycles. The Hall–Kier alpha value is -1.33. The van der Waals surface area contributed by atoms with Crippen molar-refractivity contribution in [3.63, 3.8) is 0 Å². The Morgan fingerprint density at radius 3 is 3.05 bits per heavy atom. The number of amides is 1. The average Bonchev–Trinajstić information content (AvgIpc) is 2.83. The number of aliphatic hydroxyl groups excluding tert-OH is 1. The van der Waals surface area contributed by atoms with E-state index in [2.05, 4.69) is 26.2 Å². The highest BCUT2D eigenvalue weighted by Crippen LogP contribution is 2.27. The summed E-state index contributed by atoms with van der Waals surface area (Å²) in [6.07, 6.45) is 3.18. The first-order valence-electron chi connectivity index (χ1n) is 6.81. The molecule has 108 valence electrons. The molecular formula is C15H19BrN2O2. The number of nitrogens with one attached hydrogen (secondary N) is 2. The third kappa shape index (κ3) is 3.61. The second-order valence-electron chi connectivity index (χ2n) is 4.85. The van der Waals surface area contributed by atoms with Crippen LogP contribution in [0, 0.1) is 0 Å². The van der Waals surface area contributed by atoms with Gasteiger partial charge in [0, 0.05) is 28.1 Å². The number of rotatable bonds is 6. The molecule has 4 nitrogen and oxygen atoms in total. The third-order valence-corrected chi connectivity index (χ3v) is 4.02. The molecule has 1 amide bonds. The van der Waals surface area contributed by atoms with Gasteiger partial charge >= 0.3 is 0 Å². The van der Waals surface area contributed by atoms with Crippen molar-refractivity contribution in [1.29, 1.82) is 0 Å². The molecule has 1 atom stereocenters. The fourth-order valence-corrected chi connectivity index (χ4v) is 2.79. The number of aliphatic hydroxyl groups is 1. The van der Waals surface area contributed by atoms with Crippen molar-refractivity contribution < 1.29 is 9.90 Å². The molecule has 0 saturated carbocycles. The Morgan fingerprint density at radius 2 is 2.30 bits per heavy atom. The quantitative estimate of drug-likeness (QED) is 0.758. The molecule has 0 bridgehead atoms. The van der Waals surface area contributed by atoms with Gasteiger partial charge < -0.3 is 15.4 Å². The van der Waals surface area contributed by atoms with Crippen LogP contribution in [0.25, 0.3) is 10.9 Å². The van der Waals surface area contributed by atoms with Crippen molar-refractivity contribution >= 4 is 32.7 Å². The number of hydrogen-bond donors (Lipinski definition) is 3. The van der Waals surface area contributed by atoms with Gasteiger partial charge in [0.1, 0.15) is 0 Å². The second kappa shape index (κ2) is 6.90. The summed E-state index contributed by atoms with van der Waals surface area (Å²) in [6.45, 7) is 2.44. The van der Waals surface area contributed by atoms with Gasteiger partial charge in [-0.2, -0.15) is 0 Å². The number of H-pyrrole nitrogens is 1. The number of benzene rings is 1. The molecule has 1 heterocycles. The van der Waals surface area contributed by atoms with E-state index < -0.39 is 0 Å². The SMILES string of the molecule is CC[C@@H](O)CCNC(=O)Cc1c[nH]c2cccc(Br)c12. The maximum absolute atomic E-state index is 11.9. The van der Waals surface area contributed by atoms with E-state index in [1.807, 2.05) is 31.3 Å². The molecule has 0 aliphatic rings. The number of fused-ring (bicyclic) bond motifs is 1. The molecule has 0 radical (unpaired) electrons. The van der Waals surface area contributed by atoms with Crippen molar-refractivity contribution in [3.05, 3.63) is 34.4 Å². The Bertz CT molecular complexity index is 595. The highest BCUT2D eigenvalue weighted by Gasteiger charge is 2.11. The first kappa shape index (κ1) is 15.1.